The number of carboxylic acids is 1. The summed E-state index contributed by atoms with van der Waals surface area (Å²) in [7, 11) is 1.60. The van der Waals surface area contributed by atoms with Crippen LogP contribution in [0.5, 0.6) is 5.75 Å². The first-order valence-electron chi connectivity index (χ1n) is 5.95. The molecule has 0 unspecified atom stereocenters. The average Bonchev–Trinajstić information content (AvgIpc) is 2.82. The van der Waals surface area contributed by atoms with Gasteiger partial charge in [0.2, 0.25) is 0 Å². The van der Waals surface area contributed by atoms with Crippen LogP contribution in [0.4, 0.5) is 0 Å². The van der Waals surface area contributed by atoms with Crippen LogP contribution in [0, 0.1) is 0 Å². The molecule has 0 saturated carbocycles. The Bertz CT molecular complexity index is 593. The molecule has 0 amide bonds. The molecule has 0 spiro atoms. The second-order valence-electron chi connectivity index (χ2n) is 4.01. The topological polar surface area (TPSA) is 77.2 Å². The molecule has 0 aliphatic carbocycles. The molecule has 19 heavy (non-hydrogen) atoms. The Labute approximate surface area is 110 Å². The number of carbonyl (C=O) groups is 1. The number of ether oxygens (including phenoxy) is 1. The molecule has 0 saturated heterocycles. The third kappa shape index (κ3) is 2.57. The van der Waals surface area contributed by atoms with Crippen molar-refractivity contribution in [2.75, 3.05) is 7.11 Å². The smallest absolute Gasteiger partial charge is 0.358 e. The van der Waals surface area contributed by atoms with Gasteiger partial charge >= 0.3 is 5.97 Å². The van der Waals surface area contributed by atoms with Crippen molar-refractivity contribution in [1.29, 1.82) is 0 Å². The van der Waals surface area contributed by atoms with Crippen molar-refractivity contribution < 1.29 is 14.6 Å². The minimum Gasteiger partial charge on any atom is -0.496 e. The Morgan fingerprint density at radius 2 is 2.16 bits per heavy atom. The Morgan fingerprint density at radius 3 is 2.79 bits per heavy atom. The van der Waals surface area contributed by atoms with Crippen molar-refractivity contribution in [1.82, 2.24) is 15.0 Å². The van der Waals surface area contributed by atoms with E-state index < -0.39 is 5.97 Å². The summed E-state index contributed by atoms with van der Waals surface area (Å²) in [6, 6.07) is 7.56. The zero-order chi connectivity index (χ0) is 13.8. The number of para-hydroxylation sites is 1. The van der Waals surface area contributed by atoms with E-state index in [4.69, 9.17) is 9.84 Å². The fraction of sp³-hybridized carbons (Fsp3) is 0.308. The lowest BCUT2D eigenvalue weighted by Gasteiger charge is -2.09. The predicted molar refractivity (Wildman–Crippen MR) is 68.5 cm³/mol. The highest BCUT2D eigenvalue weighted by molar-refractivity contribution is 5.86. The zero-order valence-corrected chi connectivity index (χ0v) is 10.8. The highest BCUT2D eigenvalue weighted by Crippen LogP contribution is 2.19. The molecule has 0 radical (unpaired) electrons. The van der Waals surface area contributed by atoms with E-state index in [1.165, 1.54) is 0 Å². The molecule has 6 heteroatoms. The van der Waals surface area contributed by atoms with Crippen molar-refractivity contribution in [3.05, 3.63) is 41.2 Å². The van der Waals surface area contributed by atoms with Crippen molar-refractivity contribution in [3.8, 4) is 5.75 Å². The van der Waals surface area contributed by atoms with Crippen LogP contribution in [0.25, 0.3) is 0 Å². The molecule has 0 aliphatic heterocycles. The molecule has 2 aromatic rings. The largest absolute Gasteiger partial charge is 0.496 e. The van der Waals surface area contributed by atoms with Gasteiger partial charge in [-0.25, -0.2) is 9.48 Å². The fourth-order valence-electron chi connectivity index (χ4n) is 1.97. The van der Waals surface area contributed by atoms with E-state index in [9.17, 15) is 4.79 Å². The van der Waals surface area contributed by atoms with Gasteiger partial charge in [0.25, 0.3) is 0 Å². The monoisotopic (exact) mass is 261 g/mol. The highest BCUT2D eigenvalue weighted by atomic mass is 16.5. The number of hydrogen-bond acceptors (Lipinski definition) is 4. The Hall–Kier alpha value is -2.37. The van der Waals surface area contributed by atoms with Crippen LogP contribution >= 0.6 is 0 Å². The lowest BCUT2D eigenvalue weighted by Crippen LogP contribution is -2.09. The normalized spacial score (nSPS) is 10.4. The van der Waals surface area contributed by atoms with Crippen LogP contribution in [-0.4, -0.2) is 33.2 Å². The standard InChI is InChI=1S/C13H15N3O3/c1-3-10-12(13(17)18)14-15-16(10)8-9-6-4-5-7-11(9)19-2/h4-7H,3,8H2,1-2H3,(H,17,18). The molecule has 1 aromatic heterocycles. The summed E-state index contributed by atoms with van der Waals surface area (Å²) in [6.07, 6.45) is 0.559. The number of benzene rings is 1. The molecule has 0 fully saturated rings. The van der Waals surface area contributed by atoms with E-state index in [2.05, 4.69) is 10.3 Å². The van der Waals surface area contributed by atoms with Gasteiger partial charge in [-0.2, -0.15) is 0 Å². The van der Waals surface area contributed by atoms with Crippen LogP contribution < -0.4 is 4.74 Å². The number of hydrogen-bond donors (Lipinski definition) is 1. The first kappa shape index (κ1) is 13.1. The van der Waals surface area contributed by atoms with E-state index in [1.54, 1.807) is 11.8 Å². The van der Waals surface area contributed by atoms with Gasteiger partial charge in [-0.3, -0.25) is 0 Å². The predicted octanol–water partition coefficient (Wildman–Crippen LogP) is 1.60. The summed E-state index contributed by atoms with van der Waals surface area (Å²) in [4.78, 5) is 11.0. The Kier molecular flexibility index (Phi) is 3.79. The van der Waals surface area contributed by atoms with E-state index in [0.717, 1.165) is 11.3 Å². The van der Waals surface area contributed by atoms with Crippen molar-refractivity contribution >= 4 is 5.97 Å². The minimum atomic E-state index is -1.05. The molecule has 1 N–H and O–H groups in total. The Balaban J connectivity index is 2.36. The van der Waals surface area contributed by atoms with Crippen molar-refractivity contribution in [2.24, 2.45) is 0 Å². The SMILES string of the molecule is CCc1c(C(=O)O)nnn1Cc1ccccc1OC. The second kappa shape index (κ2) is 5.51. The van der Waals surface area contributed by atoms with Crippen LogP contribution in [-0.2, 0) is 13.0 Å². The molecule has 6 nitrogen and oxygen atoms in total. The molecule has 100 valence electrons. The molecule has 1 aromatic carbocycles. The maximum absolute atomic E-state index is 11.0. The quantitative estimate of drug-likeness (QED) is 0.884. The molecule has 0 aliphatic rings. The first-order valence-corrected chi connectivity index (χ1v) is 5.95. The number of aromatic nitrogens is 3. The van der Waals surface area contributed by atoms with E-state index in [-0.39, 0.29) is 5.69 Å². The van der Waals surface area contributed by atoms with Gasteiger partial charge < -0.3 is 9.84 Å². The Morgan fingerprint density at radius 1 is 1.42 bits per heavy atom. The molecule has 0 bridgehead atoms. The van der Waals surface area contributed by atoms with Gasteiger partial charge in [0.05, 0.1) is 19.3 Å². The maximum atomic E-state index is 11.0. The van der Waals surface area contributed by atoms with Gasteiger partial charge in [0.1, 0.15) is 5.75 Å². The molecule has 2 rings (SSSR count). The highest BCUT2D eigenvalue weighted by Gasteiger charge is 2.18. The summed E-state index contributed by atoms with van der Waals surface area (Å²) in [5.41, 5.74) is 1.55. The third-order valence-electron chi connectivity index (χ3n) is 2.89. The summed E-state index contributed by atoms with van der Waals surface area (Å²) < 4.78 is 6.87. The minimum absolute atomic E-state index is 0.0115. The van der Waals surface area contributed by atoms with E-state index in [0.29, 0.717) is 18.7 Å². The van der Waals surface area contributed by atoms with Crippen LogP contribution in [0.3, 0.4) is 0 Å². The molecule has 1 heterocycles. The van der Waals surface area contributed by atoms with Gasteiger partial charge in [0, 0.05) is 5.56 Å². The maximum Gasteiger partial charge on any atom is 0.358 e. The lowest BCUT2D eigenvalue weighted by atomic mass is 10.2. The van der Waals surface area contributed by atoms with Gasteiger partial charge in [-0.15, -0.1) is 5.10 Å². The lowest BCUT2D eigenvalue weighted by molar-refractivity contribution is 0.0689. The van der Waals surface area contributed by atoms with Crippen LogP contribution in [0.1, 0.15) is 28.7 Å². The second-order valence-corrected chi connectivity index (χ2v) is 4.01. The molecular formula is C13H15N3O3. The van der Waals surface area contributed by atoms with Crippen LogP contribution in [0.2, 0.25) is 0 Å². The molecule has 0 atom stereocenters. The fourth-order valence-corrected chi connectivity index (χ4v) is 1.97. The van der Waals surface area contributed by atoms with Crippen molar-refractivity contribution in [2.45, 2.75) is 19.9 Å². The number of methoxy groups -OCH3 is 1. The number of carboxylic acid groups (broad SMARTS) is 1. The van der Waals surface area contributed by atoms with Gasteiger partial charge in [-0.1, -0.05) is 30.3 Å². The first-order chi connectivity index (χ1) is 9.17. The number of rotatable bonds is 5. The van der Waals surface area contributed by atoms with Gasteiger partial charge in [-0.05, 0) is 12.5 Å². The molecular weight excluding hydrogens is 246 g/mol. The summed E-state index contributed by atoms with van der Waals surface area (Å²) in [5.74, 6) is -0.306. The van der Waals surface area contributed by atoms with Crippen LogP contribution in [0.15, 0.2) is 24.3 Å². The average molecular weight is 261 g/mol. The van der Waals surface area contributed by atoms with E-state index >= 15 is 0 Å². The number of nitrogens with zero attached hydrogens (tertiary/aromatic N) is 3. The van der Waals surface area contributed by atoms with Gasteiger partial charge in [0.15, 0.2) is 5.69 Å². The third-order valence-corrected chi connectivity index (χ3v) is 2.89. The number of aromatic carboxylic acids is 1. The van der Waals surface area contributed by atoms with E-state index in [1.807, 2.05) is 31.2 Å². The summed E-state index contributed by atoms with van der Waals surface area (Å²) >= 11 is 0. The zero-order valence-electron chi connectivity index (χ0n) is 10.8. The van der Waals surface area contributed by atoms with Crippen molar-refractivity contribution in [3.63, 3.8) is 0 Å². The summed E-state index contributed by atoms with van der Waals surface area (Å²) in [5, 5.41) is 16.7. The summed E-state index contributed by atoms with van der Waals surface area (Å²) in [6.45, 7) is 2.32.